The Hall–Kier alpha value is -1.85. The number of piperazine rings is 1. The van der Waals surface area contributed by atoms with Gasteiger partial charge in [0, 0.05) is 43.3 Å². The summed E-state index contributed by atoms with van der Waals surface area (Å²) < 4.78 is 1.05. The molecular formula is C18H19BrN4. The first-order valence-electron chi connectivity index (χ1n) is 7.91. The molecule has 0 spiro atoms. The van der Waals surface area contributed by atoms with E-state index in [4.69, 9.17) is 4.99 Å². The molecular weight excluding hydrogens is 352 g/mol. The number of para-hydroxylation sites is 1. The molecule has 0 atom stereocenters. The standard InChI is InChI=1S/C18H19BrN4/c1-22-16-5-3-2-4-14(16)18(23-10-8-20-9-11-23)21-15-12-13(19)6-7-17(15)22/h2-7,12,20H,8-11H2,1H3. The van der Waals surface area contributed by atoms with Crippen LogP contribution in [0.25, 0.3) is 0 Å². The van der Waals surface area contributed by atoms with Gasteiger partial charge in [0.1, 0.15) is 5.84 Å². The van der Waals surface area contributed by atoms with Gasteiger partial charge < -0.3 is 15.1 Å². The fourth-order valence-electron chi connectivity index (χ4n) is 3.25. The number of nitrogens with one attached hydrogen (secondary N) is 1. The highest BCUT2D eigenvalue weighted by atomic mass is 79.9. The van der Waals surface area contributed by atoms with Crippen molar-refractivity contribution >= 4 is 38.8 Å². The van der Waals surface area contributed by atoms with Crippen LogP contribution in [-0.4, -0.2) is 44.0 Å². The van der Waals surface area contributed by atoms with Gasteiger partial charge in [0.25, 0.3) is 0 Å². The lowest BCUT2D eigenvalue weighted by Gasteiger charge is -2.31. The zero-order valence-corrected chi connectivity index (χ0v) is 14.7. The van der Waals surface area contributed by atoms with E-state index in [9.17, 15) is 0 Å². The lowest BCUT2D eigenvalue weighted by atomic mass is 10.1. The van der Waals surface area contributed by atoms with E-state index < -0.39 is 0 Å². The fraction of sp³-hybridized carbons (Fsp3) is 0.278. The molecule has 0 amide bonds. The SMILES string of the molecule is CN1c2ccc(Br)cc2N=C(N2CCNCC2)c2ccccc21. The zero-order valence-electron chi connectivity index (χ0n) is 13.1. The molecule has 2 heterocycles. The van der Waals surface area contributed by atoms with Crippen LogP contribution in [0.5, 0.6) is 0 Å². The van der Waals surface area contributed by atoms with Gasteiger partial charge in [-0.05, 0) is 30.3 Å². The number of fused-ring (bicyclic) bond motifs is 2. The highest BCUT2D eigenvalue weighted by Crippen LogP contribution is 2.40. The number of hydrogen-bond acceptors (Lipinski definition) is 4. The molecule has 23 heavy (non-hydrogen) atoms. The summed E-state index contributed by atoms with van der Waals surface area (Å²) in [5.41, 5.74) is 4.53. The fourth-order valence-corrected chi connectivity index (χ4v) is 3.60. The average Bonchev–Trinajstić information content (AvgIpc) is 2.71. The summed E-state index contributed by atoms with van der Waals surface area (Å²) in [5.74, 6) is 1.07. The molecule has 1 saturated heterocycles. The molecule has 0 saturated carbocycles. The second kappa shape index (κ2) is 5.98. The molecule has 5 heteroatoms. The lowest BCUT2D eigenvalue weighted by molar-refractivity contribution is 0.358. The van der Waals surface area contributed by atoms with Gasteiger partial charge in [-0.3, -0.25) is 0 Å². The minimum Gasteiger partial charge on any atom is -0.353 e. The van der Waals surface area contributed by atoms with E-state index in [1.807, 2.05) is 0 Å². The van der Waals surface area contributed by atoms with Crippen LogP contribution < -0.4 is 10.2 Å². The van der Waals surface area contributed by atoms with Crippen LogP contribution in [0.3, 0.4) is 0 Å². The first-order chi connectivity index (χ1) is 11.2. The van der Waals surface area contributed by atoms with Gasteiger partial charge in [0.2, 0.25) is 0 Å². The third-order valence-corrected chi connectivity index (χ3v) is 4.94. The molecule has 118 valence electrons. The van der Waals surface area contributed by atoms with Crippen LogP contribution in [0.2, 0.25) is 0 Å². The summed E-state index contributed by atoms with van der Waals surface area (Å²) in [6.45, 7) is 3.98. The predicted octanol–water partition coefficient (Wildman–Crippen LogP) is 3.51. The topological polar surface area (TPSA) is 30.9 Å². The summed E-state index contributed by atoms with van der Waals surface area (Å²) in [6.07, 6.45) is 0. The Kier molecular flexibility index (Phi) is 3.83. The van der Waals surface area contributed by atoms with Crippen molar-refractivity contribution < 1.29 is 0 Å². The van der Waals surface area contributed by atoms with Crippen molar-refractivity contribution in [3.8, 4) is 0 Å². The van der Waals surface area contributed by atoms with E-state index in [-0.39, 0.29) is 0 Å². The van der Waals surface area contributed by atoms with Gasteiger partial charge in [0.05, 0.1) is 17.1 Å². The summed E-state index contributed by atoms with van der Waals surface area (Å²) in [7, 11) is 2.11. The van der Waals surface area contributed by atoms with E-state index in [2.05, 4.69) is 80.6 Å². The van der Waals surface area contributed by atoms with Crippen LogP contribution in [-0.2, 0) is 0 Å². The normalized spacial score (nSPS) is 17.2. The van der Waals surface area contributed by atoms with Gasteiger partial charge in [-0.2, -0.15) is 0 Å². The molecule has 0 unspecified atom stereocenters. The van der Waals surface area contributed by atoms with Gasteiger partial charge >= 0.3 is 0 Å². The second-order valence-electron chi connectivity index (χ2n) is 5.88. The number of nitrogens with zero attached hydrogens (tertiary/aromatic N) is 3. The maximum Gasteiger partial charge on any atom is 0.138 e. The molecule has 1 fully saturated rings. The molecule has 0 aliphatic carbocycles. The maximum absolute atomic E-state index is 5.06. The van der Waals surface area contributed by atoms with Gasteiger partial charge in [-0.15, -0.1) is 0 Å². The monoisotopic (exact) mass is 370 g/mol. The molecule has 0 bridgehead atoms. The number of halogens is 1. The first-order valence-corrected chi connectivity index (χ1v) is 8.70. The van der Waals surface area contributed by atoms with Crippen molar-refractivity contribution in [3.05, 3.63) is 52.5 Å². The number of aliphatic imine (C=N–C) groups is 1. The zero-order chi connectivity index (χ0) is 15.8. The van der Waals surface area contributed by atoms with Crippen LogP contribution >= 0.6 is 15.9 Å². The summed E-state index contributed by atoms with van der Waals surface area (Å²) >= 11 is 3.58. The summed E-state index contributed by atoms with van der Waals surface area (Å²) in [5, 5.41) is 3.42. The molecule has 2 aliphatic rings. The smallest absolute Gasteiger partial charge is 0.138 e. The molecule has 2 aromatic carbocycles. The third kappa shape index (κ3) is 2.64. The van der Waals surface area contributed by atoms with E-state index in [0.717, 1.165) is 47.9 Å². The van der Waals surface area contributed by atoms with Gasteiger partial charge in [0.15, 0.2) is 0 Å². The molecule has 4 nitrogen and oxygen atoms in total. The van der Waals surface area contributed by atoms with Crippen molar-refractivity contribution in [1.82, 2.24) is 10.2 Å². The highest BCUT2D eigenvalue weighted by molar-refractivity contribution is 9.10. The second-order valence-corrected chi connectivity index (χ2v) is 6.80. The Morgan fingerprint density at radius 2 is 1.83 bits per heavy atom. The van der Waals surface area contributed by atoms with E-state index in [1.165, 1.54) is 11.3 Å². The first kappa shape index (κ1) is 14.7. The largest absolute Gasteiger partial charge is 0.353 e. The molecule has 2 aromatic rings. The van der Waals surface area contributed by atoms with Crippen molar-refractivity contribution in [2.24, 2.45) is 4.99 Å². The summed E-state index contributed by atoms with van der Waals surface area (Å²) in [6, 6.07) is 14.8. The molecule has 0 aromatic heterocycles. The highest BCUT2D eigenvalue weighted by Gasteiger charge is 2.24. The van der Waals surface area contributed by atoms with Crippen LogP contribution in [0.4, 0.5) is 17.1 Å². The van der Waals surface area contributed by atoms with E-state index in [1.54, 1.807) is 0 Å². The van der Waals surface area contributed by atoms with Crippen molar-refractivity contribution in [3.63, 3.8) is 0 Å². The van der Waals surface area contributed by atoms with Crippen molar-refractivity contribution in [2.75, 3.05) is 38.1 Å². The van der Waals surface area contributed by atoms with Crippen LogP contribution in [0, 0.1) is 0 Å². The third-order valence-electron chi connectivity index (χ3n) is 4.45. The quantitative estimate of drug-likeness (QED) is 0.769. The Balaban J connectivity index is 1.92. The number of anilines is 2. The average molecular weight is 371 g/mol. The number of hydrogen-bond donors (Lipinski definition) is 1. The minimum absolute atomic E-state index is 0.986. The lowest BCUT2D eigenvalue weighted by Crippen LogP contribution is -2.46. The van der Waals surface area contributed by atoms with E-state index in [0.29, 0.717) is 0 Å². The van der Waals surface area contributed by atoms with Gasteiger partial charge in [-0.25, -0.2) is 4.99 Å². The predicted molar refractivity (Wildman–Crippen MR) is 99.3 cm³/mol. The number of benzene rings is 2. The molecule has 0 radical (unpaired) electrons. The minimum atomic E-state index is 0.986. The summed E-state index contributed by atoms with van der Waals surface area (Å²) in [4.78, 5) is 9.68. The Morgan fingerprint density at radius 1 is 1.04 bits per heavy atom. The Morgan fingerprint density at radius 3 is 2.65 bits per heavy atom. The number of amidine groups is 1. The van der Waals surface area contributed by atoms with E-state index >= 15 is 0 Å². The Bertz CT molecular complexity index is 765. The van der Waals surface area contributed by atoms with Crippen molar-refractivity contribution in [1.29, 1.82) is 0 Å². The Labute approximate surface area is 144 Å². The molecule has 2 aliphatic heterocycles. The number of rotatable bonds is 0. The van der Waals surface area contributed by atoms with Crippen molar-refractivity contribution in [2.45, 2.75) is 0 Å². The van der Waals surface area contributed by atoms with Gasteiger partial charge in [-0.1, -0.05) is 28.1 Å². The van der Waals surface area contributed by atoms with Crippen LogP contribution in [0.15, 0.2) is 51.9 Å². The maximum atomic E-state index is 5.06. The molecule has 4 rings (SSSR count). The van der Waals surface area contributed by atoms with Crippen LogP contribution in [0.1, 0.15) is 5.56 Å². The molecule has 1 N–H and O–H groups in total.